The van der Waals surface area contributed by atoms with E-state index in [1.165, 1.54) is 18.4 Å². The van der Waals surface area contributed by atoms with E-state index >= 15 is 0 Å². The molecule has 3 rings (SSSR count). The third kappa shape index (κ3) is 4.71. The van der Waals surface area contributed by atoms with Crippen molar-refractivity contribution in [3.63, 3.8) is 0 Å². The Balaban J connectivity index is 1.43. The molecule has 134 valence electrons. The number of rotatable bonds is 6. The third-order valence-corrected chi connectivity index (χ3v) is 5.39. The van der Waals surface area contributed by atoms with Crippen LogP contribution in [0.15, 0.2) is 24.3 Å². The van der Waals surface area contributed by atoms with Gasteiger partial charge in [0.05, 0.1) is 25.9 Å². The van der Waals surface area contributed by atoms with Gasteiger partial charge in [-0.1, -0.05) is 12.1 Å². The molecule has 2 heterocycles. The molecule has 2 saturated heterocycles. The summed E-state index contributed by atoms with van der Waals surface area (Å²) < 4.78 is 17.2. The fourth-order valence-electron chi connectivity index (χ4n) is 3.72. The number of methoxy groups -OCH3 is 1. The minimum Gasteiger partial charge on any atom is -0.497 e. The van der Waals surface area contributed by atoms with Gasteiger partial charge in [-0.05, 0) is 56.7 Å². The highest BCUT2D eigenvalue weighted by Gasteiger charge is 2.25. The van der Waals surface area contributed by atoms with Crippen LogP contribution in [0.25, 0.3) is 0 Å². The molecule has 24 heavy (non-hydrogen) atoms. The summed E-state index contributed by atoms with van der Waals surface area (Å²) in [4.78, 5) is 2.55. The monoisotopic (exact) mass is 333 g/mol. The Morgan fingerprint density at radius 2 is 2.04 bits per heavy atom. The molecule has 1 aromatic rings. The lowest BCUT2D eigenvalue weighted by atomic mass is 10.0. The van der Waals surface area contributed by atoms with Gasteiger partial charge in [-0.25, -0.2) is 0 Å². The molecule has 0 N–H and O–H groups in total. The number of nitrogens with zero attached hydrogens (tertiary/aromatic N) is 1. The quantitative estimate of drug-likeness (QED) is 0.792. The lowest BCUT2D eigenvalue weighted by molar-refractivity contribution is -0.0768. The van der Waals surface area contributed by atoms with E-state index in [2.05, 4.69) is 30.0 Å². The first-order valence-electron chi connectivity index (χ1n) is 9.37. The fraction of sp³-hybridized carbons (Fsp3) is 0.700. The summed E-state index contributed by atoms with van der Waals surface area (Å²) in [6, 6.07) is 8.83. The molecule has 0 unspecified atom stereocenters. The Morgan fingerprint density at radius 1 is 1.21 bits per heavy atom. The van der Waals surface area contributed by atoms with Crippen LogP contribution >= 0.6 is 0 Å². The Labute approximate surface area is 146 Å². The maximum atomic E-state index is 6.12. The molecule has 0 spiro atoms. The zero-order valence-electron chi connectivity index (χ0n) is 15.1. The van der Waals surface area contributed by atoms with Crippen molar-refractivity contribution in [2.24, 2.45) is 0 Å². The summed E-state index contributed by atoms with van der Waals surface area (Å²) in [5.74, 6) is 0.935. The Morgan fingerprint density at radius 3 is 2.75 bits per heavy atom. The highest BCUT2D eigenvalue weighted by Crippen LogP contribution is 2.27. The fourth-order valence-corrected chi connectivity index (χ4v) is 3.72. The van der Waals surface area contributed by atoms with Gasteiger partial charge in [0.1, 0.15) is 5.75 Å². The van der Waals surface area contributed by atoms with Crippen LogP contribution in [0.3, 0.4) is 0 Å². The number of hydrogen-bond acceptors (Lipinski definition) is 4. The number of hydrogen-bond donors (Lipinski definition) is 0. The van der Waals surface area contributed by atoms with Crippen LogP contribution in [-0.4, -0.2) is 50.5 Å². The topological polar surface area (TPSA) is 30.9 Å². The van der Waals surface area contributed by atoms with Crippen LogP contribution in [0.5, 0.6) is 5.75 Å². The summed E-state index contributed by atoms with van der Waals surface area (Å²) in [6.45, 7) is 6.15. The van der Waals surface area contributed by atoms with E-state index in [0.717, 1.165) is 51.3 Å². The highest BCUT2D eigenvalue weighted by molar-refractivity contribution is 5.30. The average molecular weight is 333 g/mol. The molecule has 2 aliphatic heterocycles. The van der Waals surface area contributed by atoms with Crippen LogP contribution in [0, 0.1) is 0 Å². The van der Waals surface area contributed by atoms with Gasteiger partial charge < -0.3 is 14.2 Å². The lowest BCUT2D eigenvalue weighted by Crippen LogP contribution is -2.39. The first-order valence-corrected chi connectivity index (χ1v) is 9.37. The summed E-state index contributed by atoms with van der Waals surface area (Å²) in [6.07, 6.45) is 6.59. The maximum absolute atomic E-state index is 6.12. The van der Waals surface area contributed by atoms with Gasteiger partial charge in [0.15, 0.2) is 0 Å². The van der Waals surface area contributed by atoms with Gasteiger partial charge in [-0.15, -0.1) is 0 Å². The lowest BCUT2D eigenvalue weighted by Gasteiger charge is -2.36. The van der Waals surface area contributed by atoms with E-state index in [-0.39, 0.29) is 0 Å². The van der Waals surface area contributed by atoms with Gasteiger partial charge in [-0.3, -0.25) is 4.90 Å². The molecule has 4 heteroatoms. The molecule has 0 aliphatic carbocycles. The zero-order chi connectivity index (χ0) is 16.8. The average Bonchev–Trinajstić information content (AvgIpc) is 2.67. The molecule has 0 radical (unpaired) electrons. The van der Waals surface area contributed by atoms with Gasteiger partial charge >= 0.3 is 0 Å². The summed E-state index contributed by atoms with van der Waals surface area (Å²) in [7, 11) is 1.72. The molecular weight excluding hydrogens is 302 g/mol. The molecule has 2 aliphatic rings. The van der Waals surface area contributed by atoms with Gasteiger partial charge in [0, 0.05) is 25.7 Å². The van der Waals surface area contributed by atoms with E-state index in [9.17, 15) is 0 Å². The van der Waals surface area contributed by atoms with Crippen molar-refractivity contribution < 1.29 is 14.2 Å². The number of likely N-dealkylation sites (tertiary alicyclic amines) is 1. The first kappa shape index (κ1) is 17.7. The van der Waals surface area contributed by atoms with Crippen molar-refractivity contribution in [1.82, 2.24) is 4.90 Å². The SMILES string of the molecule is COc1cccc([C@H](C)N2CCC(OC[C@@H]3CCCCO3)CC2)c1. The van der Waals surface area contributed by atoms with Crippen molar-refractivity contribution >= 4 is 0 Å². The van der Waals surface area contributed by atoms with E-state index in [4.69, 9.17) is 14.2 Å². The summed E-state index contributed by atoms with van der Waals surface area (Å²) in [5.41, 5.74) is 1.32. The largest absolute Gasteiger partial charge is 0.497 e. The van der Waals surface area contributed by atoms with Crippen LogP contribution in [0.2, 0.25) is 0 Å². The predicted octanol–water partition coefficient (Wildman–Crippen LogP) is 3.81. The van der Waals surface area contributed by atoms with E-state index in [1.807, 2.05) is 6.07 Å². The van der Waals surface area contributed by atoms with Crippen molar-refractivity contribution in [3.8, 4) is 5.75 Å². The molecule has 0 saturated carbocycles. The first-order chi connectivity index (χ1) is 11.8. The molecule has 0 bridgehead atoms. The molecule has 1 aromatic carbocycles. The van der Waals surface area contributed by atoms with Crippen molar-refractivity contribution in [1.29, 1.82) is 0 Å². The maximum Gasteiger partial charge on any atom is 0.119 e. The van der Waals surface area contributed by atoms with Crippen LogP contribution in [-0.2, 0) is 9.47 Å². The Bertz CT molecular complexity index is 493. The highest BCUT2D eigenvalue weighted by atomic mass is 16.5. The molecule has 0 aromatic heterocycles. The molecular formula is C20H31NO3. The smallest absolute Gasteiger partial charge is 0.119 e. The Hall–Kier alpha value is -1.10. The van der Waals surface area contributed by atoms with Crippen LogP contribution < -0.4 is 4.74 Å². The van der Waals surface area contributed by atoms with Gasteiger partial charge in [0.25, 0.3) is 0 Å². The van der Waals surface area contributed by atoms with E-state index in [0.29, 0.717) is 18.2 Å². The molecule has 2 atom stereocenters. The molecule has 4 nitrogen and oxygen atoms in total. The summed E-state index contributed by atoms with van der Waals surface area (Å²) >= 11 is 0. The third-order valence-electron chi connectivity index (χ3n) is 5.39. The molecule has 0 amide bonds. The Kier molecular flexibility index (Phi) is 6.52. The van der Waals surface area contributed by atoms with Crippen molar-refractivity contribution in [2.75, 3.05) is 33.4 Å². The molecule has 2 fully saturated rings. The zero-order valence-corrected chi connectivity index (χ0v) is 15.1. The number of piperidine rings is 1. The second-order valence-corrected chi connectivity index (χ2v) is 7.01. The minimum atomic E-state index is 0.326. The normalized spacial score (nSPS) is 24.7. The predicted molar refractivity (Wildman–Crippen MR) is 95.5 cm³/mol. The van der Waals surface area contributed by atoms with Crippen molar-refractivity contribution in [3.05, 3.63) is 29.8 Å². The van der Waals surface area contributed by atoms with E-state index < -0.39 is 0 Å². The standard InChI is InChI=1S/C20H31NO3/c1-16(17-6-5-8-19(14-17)22-2)21-11-9-18(10-12-21)24-15-20-7-3-4-13-23-20/h5-6,8,14,16,18,20H,3-4,7,9-13,15H2,1-2H3/t16-,20-/m0/s1. The van der Waals surface area contributed by atoms with Crippen LogP contribution in [0.4, 0.5) is 0 Å². The van der Waals surface area contributed by atoms with Crippen LogP contribution in [0.1, 0.15) is 50.6 Å². The van der Waals surface area contributed by atoms with Crippen molar-refractivity contribution in [2.45, 2.75) is 57.3 Å². The number of ether oxygens (including phenoxy) is 3. The second-order valence-electron chi connectivity index (χ2n) is 7.01. The van der Waals surface area contributed by atoms with Gasteiger partial charge in [-0.2, -0.15) is 0 Å². The number of benzene rings is 1. The summed E-state index contributed by atoms with van der Waals surface area (Å²) in [5, 5.41) is 0. The minimum absolute atomic E-state index is 0.326. The van der Waals surface area contributed by atoms with E-state index in [1.54, 1.807) is 7.11 Å². The van der Waals surface area contributed by atoms with Gasteiger partial charge in [0.2, 0.25) is 0 Å². The second kappa shape index (κ2) is 8.84.